The maximum absolute atomic E-state index is 17.9. The zero-order valence-corrected chi connectivity index (χ0v) is 26.0. The molecule has 9 unspecified atom stereocenters. The largest absolute Gasteiger partial charge is 0.460 e. The van der Waals surface area contributed by atoms with E-state index in [1.54, 1.807) is 6.07 Å². The normalized spacial score (nSPS) is 42.9. The summed E-state index contributed by atoms with van der Waals surface area (Å²) in [6, 6.07) is 0.858. The number of amides is 1. The molecule has 43 heavy (non-hydrogen) atoms. The molecule has 0 aromatic heterocycles. The number of rotatable bonds is 4. The van der Waals surface area contributed by atoms with Gasteiger partial charge in [0.05, 0.1) is 22.0 Å². The van der Waals surface area contributed by atoms with Crippen molar-refractivity contribution in [1.29, 1.82) is 5.26 Å². The van der Waals surface area contributed by atoms with Gasteiger partial charge in [0, 0.05) is 24.0 Å². The van der Waals surface area contributed by atoms with Crippen molar-refractivity contribution in [2.24, 2.45) is 28.6 Å². The van der Waals surface area contributed by atoms with Crippen LogP contribution in [-0.2, 0) is 28.7 Å². The van der Waals surface area contributed by atoms with Crippen molar-refractivity contribution in [3.63, 3.8) is 0 Å². The summed E-state index contributed by atoms with van der Waals surface area (Å²) in [6.07, 6.45) is -2.46. The van der Waals surface area contributed by atoms with Crippen LogP contribution in [-0.4, -0.2) is 81.0 Å². The standard InChI is InChI=1S/C31H38F2N2O7S/c1-15-9-18-19-12-22(32)20-10-17(37)11-21(26(39)41-8-7-34)30(20,6)31(19,33)24(38)13-29(18,5)25(15)42-27(40)23-14-43-28(3,4)35(23)16(2)36/h10-11,15,18-19,22-25,38H,8-9,12-14H2,1-6H3/t15?,18?,19?,22?,23-,24?,25?,29?,30?,31?/m0/s1. The van der Waals surface area contributed by atoms with Gasteiger partial charge in [0.15, 0.2) is 18.1 Å². The van der Waals surface area contributed by atoms with Gasteiger partial charge < -0.3 is 19.5 Å². The molecular weight excluding hydrogens is 582 g/mol. The molecule has 0 aromatic carbocycles. The summed E-state index contributed by atoms with van der Waals surface area (Å²) in [6.45, 7) is 9.49. The van der Waals surface area contributed by atoms with Crippen molar-refractivity contribution in [3.8, 4) is 6.07 Å². The third kappa shape index (κ3) is 4.39. The van der Waals surface area contributed by atoms with Crippen LogP contribution in [0.25, 0.3) is 0 Å². The second kappa shape index (κ2) is 10.4. The number of alkyl halides is 2. The predicted octanol–water partition coefficient (Wildman–Crippen LogP) is 3.60. The summed E-state index contributed by atoms with van der Waals surface area (Å²) in [5.74, 6) is -4.20. The molecule has 9 nitrogen and oxygen atoms in total. The van der Waals surface area contributed by atoms with Gasteiger partial charge in [-0.15, -0.1) is 11.8 Å². The maximum Gasteiger partial charge on any atom is 0.336 e. The van der Waals surface area contributed by atoms with Gasteiger partial charge in [0.1, 0.15) is 24.4 Å². The number of halogens is 2. The molecule has 0 bridgehead atoms. The van der Waals surface area contributed by atoms with Gasteiger partial charge in [-0.3, -0.25) is 9.59 Å². The fraction of sp³-hybridized carbons (Fsp3) is 0.710. The minimum absolute atomic E-state index is 0.150. The monoisotopic (exact) mass is 620 g/mol. The number of ketones is 1. The predicted molar refractivity (Wildman–Crippen MR) is 151 cm³/mol. The van der Waals surface area contributed by atoms with Crippen molar-refractivity contribution in [1.82, 2.24) is 4.90 Å². The SMILES string of the molecule is CC(=O)N1[C@H](C(=O)OC2C(C)CC3C4CC(F)C5=CC(=O)C=C(C(=O)OCC#N)C5(C)C4(F)C(O)CC32C)CSC1(C)C. The summed E-state index contributed by atoms with van der Waals surface area (Å²) in [5.41, 5.74) is -6.21. The molecule has 1 heterocycles. The lowest BCUT2D eigenvalue weighted by Gasteiger charge is -2.63. The van der Waals surface area contributed by atoms with Gasteiger partial charge in [-0.2, -0.15) is 5.26 Å². The lowest BCUT2D eigenvalue weighted by Crippen LogP contribution is -2.70. The highest BCUT2D eigenvalue weighted by molar-refractivity contribution is 8.00. The first-order chi connectivity index (χ1) is 19.9. The van der Waals surface area contributed by atoms with Crippen LogP contribution in [0.15, 0.2) is 23.3 Å². The molecule has 234 valence electrons. The number of hydrogen-bond acceptors (Lipinski definition) is 9. The van der Waals surface area contributed by atoms with Crippen molar-refractivity contribution >= 4 is 35.4 Å². The Bertz CT molecular complexity index is 1380. The van der Waals surface area contributed by atoms with E-state index in [1.165, 1.54) is 30.5 Å². The number of hydrogen-bond donors (Lipinski definition) is 1. The number of nitriles is 1. The Kier molecular flexibility index (Phi) is 7.65. The van der Waals surface area contributed by atoms with Gasteiger partial charge in [0.2, 0.25) is 5.91 Å². The molecule has 12 heteroatoms. The van der Waals surface area contributed by atoms with E-state index in [2.05, 4.69) is 0 Å². The van der Waals surface area contributed by atoms with E-state index in [0.29, 0.717) is 12.2 Å². The molecule has 3 saturated carbocycles. The second-order valence-electron chi connectivity index (χ2n) is 13.6. The Hall–Kier alpha value is -2.78. The quantitative estimate of drug-likeness (QED) is 0.468. The zero-order chi connectivity index (χ0) is 31.9. The molecule has 1 amide bonds. The summed E-state index contributed by atoms with van der Waals surface area (Å²) >= 11 is 1.47. The maximum atomic E-state index is 17.9. The van der Waals surface area contributed by atoms with Gasteiger partial charge in [-0.25, -0.2) is 18.4 Å². The van der Waals surface area contributed by atoms with Gasteiger partial charge in [0.25, 0.3) is 0 Å². The smallest absolute Gasteiger partial charge is 0.336 e. The number of carbonyl (C=O) groups is 4. The van der Waals surface area contributed by atoms with Crippen molar-refractivity contribution in [2.75, 3.05) is 12.4 Å². The first kappa shape index (κ1) is 31.6. The summed E-state index contributed by atoms with van der Waals surface area (Å²) in [5, 5.41) is 20.6. The lowest BCUT2D eigenvalue weighted by atomic mass is 9.44. The third-order valence-corrected chi connectivity index (χ3v) is 12.3. The van der Waals surface area contributed by atoms with Crippen molar-refractivity contribution in [2.45, 2.75) is 95.8 Å². The van der Waals surface area contributed by atoms with Crippen LogP contribution in [0.4, 0.5) is 8.78 Å². The number of fused-ring (bicyclic) bond motifs is 5. The van der Waals surface area contributed by atoms with E-state index in [4.69, 9.17) is 14.7 Å². The van der Waals surface area contributed by atoms with Crippen molar-refractivity contribution in [3.05, 3.63) is 23.3 Å². The number of aliphatic hydroxyl groups excluding tert-OH is 1. The molecule has 10 atom stereocenters. The lowest BCUT2D eigenvalue weighted by molar-refractivity contribution is -0.216. The molecule has 1 N–H and O–H groups in total. The summed E-state index contributed by atoms with van der Waals surface area (Å²) in [4.78, 5) is 52.5. The van der Waals surface area contributed by atoms with Crippen LogP contribution >= 0.6 is 11.8 Å². The average Bonchev–Trinajstić information content (AvgIpc) is 3.37. The fourth-order valence-corrected chi connectivity index (χ4v) is 10.4. The van der Waals surface area contributed by atoms with Crippen molar-refractivity contribution < 1.29 is 42.5 Å². The van der Waals surface area contributed by atoms with E-state index in [0.717, 1.165) is 12.2 Å². The van der Waals surface area contributed by atoms with E-state index in [9.17, 15) is 24.3 Å². The molecule has 1 aliphatic heterocycles. The van der Waals surface area contributed by atoms with E-state index >= 15 is 8.78 Å². The third-order valence-electron chi connectivity index (χ3n) is 10.9. The Balaban J connectivity index is 1.51. The molecule has 0 radical (unpaired) electrons. The number of thioether (sulfide) groups is 1. The van der Waals surface area contributed by atoms with Gasteiger partial charge >= 0.3 is 11.9 Å². The Morgan fingerprint density at radius 1 is 1.19 bits per heavy atom. The van der Waals surface area contributed by atoms with Crippen LogP contribution in [0, 0.1) is 39.9 Å². The average molecular weight is 621 g/mol. The molecule has 5 rings (SSSR count). The molecule has 1 saturated heterocycles. The molecule has 0 aromatic rings. The highest BCUT2D eigenvalue weighted by Crippen LogP contribution is 2.70. The van der Waals surface area contributed by atoms with Crippen LogP contribution in [0.2, 0.25) is 0 Å². The highest BCUT2D eigenvalue weighted by Gasteiger charge is 2.75. The number of ether oxygens (including phenoxy) is 2. The Morgan fingerprint density at radius 2 is 1.86 bits per heavy atom. The minimum atomic E-state index is -2.57. The first-order valence-corrected chi connectivity index (χ1v) is 15.6. The number of esters is 2. The minimum Gasteiger partial charge on any atom is -0.460 e. The second-order valence-corrected chi connectivity index (χ2v) is 15.2. The molecule has 4 fully saturated rings. The van der Waals surface area contributed by atoms with E-state index in [-0.39, 0.29) is 30.2 Å². The number of aliphatic hydroxyl groups is 1. The van der Waals surface area contributed by atoms with Crippen LogP contribution in [0.1, 0.15) is 60.8 Å². The topological polar surface area (TPSA) is 134 Å². The zero-order valence-electron chi connectivity index (χ0n) is 25.2. The molecule has 0 spiro atoms. The molecular formula is C31H38F2N2O7S. The highest BCUT2D eigenvalue weighted by atomic mass is 32.2. The van der Waals surface area contributed by atoms with E-state index < -0.39 is 87.5 Å². The Morgan fingerprint density at radius 3 is 2.49 bits per heavy atom. The number of carbonyl (C=O) groups excluding carboxylic acids is 4. The van der Waals surface area contributed by atoms with Gasteiger partial charge in [-0.05, 0) is 69.6 Å². The van der Waals surface area contributed by atoms with Gasteiger partial charge in [-0.1, -0.05) is 13.8 Å². The van der Waals surface area contributed by atoms with E-state index in [1.807, 2.05) is 27.7 Å². The first-order valence-electron chi connectivity index (χ1n) is 14.6. The molecule has 5 aliphatic rings. The summed E-state index contributed by atoms with van der Waals surface area (Å²) in [7, 11) is 0. The summed E-state index contributed by atoms with van der Waals surface area (Å²) < 4.78 is 45.1. The van der Waals surface area contributed by atoms with Crippen LogP contribution in [0.3, 0.4) is 0 Å². The van der Waals surface area contributed by atoms with Crippen LogP contribution in [0.5, 0.6) is 0 Å². The van der Waals surface area contributed by atoms with Crippen LogP contribution < -0.4 is 0 Å². The number of nitrogens with zero attached hydrogens (tertiary/aromatic N) is 2. The number of allylic oxidation sites excluding steroid dienone is 3. The fourth-order valence-electron chi connectivity index (χ4n) is 9.12. The molecule has 4 aliphatic carbocycles. The Labute approximate surface area is 254 Å².